The lowest BCUT2D eigenvalue weighted by atomic mass is 9.83. The summed E-state index contributed by atoms with van der Waals surface area (Å²) in [5.74, 6) is -2.09. The van der Waals surface area contributed by atoms with Crippen molar-refractivity contribution >= 4 is 29.3 Å². The Balaban J connectivity index is 1.54. The number of imide groups is 2. The van der Waals surface area contributed by atoms with Crippen molar-refractivity contribution in [1.82, 2.24) is 9.80 Å². The summed E-state index contributed by atoms with van der Waals surface area (Å²) >= 11 is 0. The first-order valence-electron chi connectivity index (χ1n) is 10.5. The maximum absolute atomic E-state index is 12.8. The number of para-hydroxylation sites is 1. The number of nitrogens with zero attached hydrogens (tertiary/aromatic N) is 3. The van der Waals surface area contributed by atoms with Crippen molar-refractivity contribution < 1.29 is 19.2 Å². The van der Waals surface area contributed by atoms with Crippen LogP contribution in [0.1, 0.15) is 51.5 Å². The van der Waals surface area contributed by atoms with E-state index in [1.807, 2.05) is 50.1 Å². The molecule has 0 aromatic heterocycles. The van der Waals surface area contributed by atoms with Crippen molar-refractivity contribution in [1.29, 1.82) is 0 Å². The van der Waals surface area contributed by atoms with Crippen LogP contribution in [0.25, 0.3) is 0 Å². The number of rotatable bonds is 4. The largest absolute Gasteiger partial charge is 0.347 e. The van der Waals surface area contributed by atoms with E-state index in [1.165, 1.54) is 6.08 Å². The Morgan fingerprint density at radius 1 is 1.07 bits per heavy atom. The van der Waals surface area contributed by atoms with Gasteiger partial charge >= 0.3 is 17.8 Å². The molecule has 0 radical (unpaired) electrons. The molecular formula is C23H27N3O4. The molecule has 1 aromatic rings. The van der Waals surface area contributed by atoms with Gasteiger partial charge in [0.1, 0.15) is 0 Å². The van der Waals surface area contributed by atoms with Gasteiger partial charge in [0.15, 0.2) is 5.78 Å². The van der Waals surface area contributed by atoms with Crippen LogP contribution in [0, 0.1) is 0 Å². The number of fused-ring (bicyclic) bond motifs is 1. The lowest BCUT2D eigenvalue weighted by molar-refractivity contribution is -0.144. The number of hydrogen-bond donors (Lipinski definition) is 0. The fourth-order valence-electron chi connectivity index (χ4n) is 4.94. The van der Waals surface area contributed by atoms with Crippen LogP contribution in [0.2, 0.25) is 0 Å². The van der Waals surface area contributed by atoms with Gasteiger partial charge in [-0.1, -0.05) is 51.3 Å². The van der Waals surface area contributed by atoms with E-state index in [0.29, 0.717) is 12.8 Å². The van der Waals surface area contributed by atoms with Crippen molar-refractivity contribution in [3.05, 3.63) is 41.6 Å². The second-order valence-corrected chi connectivity index (χ2v) is 8.84. The molecule has 4 amide bonds. The van der Waals surface area contributed by atoms with E-state index < -0.39 is 24.4 Å². The molecule has 2 fully saturated rings. The van der Waals surface area contributed by atoms with Gasteiger partial charge in [-0.2, -0.15) is 0 Å². The van der Waals surface area contributed by atoms with Crippen LogP contribution >= 0.6 is 0 Å². The number of urea groups is 1. The van der Waals surface area contributed by atoms with Crippen LogP contribution in [0.3, 0.4) is 0 Å². The van der Waals surface area contributed by atoms with Gasteiger partial charge < -0.3 is 4.90 Å². The second-order valence-electron chi connectivity index (χ2n) is 8.84. The molecule has 1 aromatic carbocycles. The van der Waals surface area contributed by atoms with Crippen molar-refractivity contribution in [3.8, 4) is 0 Å². The average molecular weight is 409 g/mol. The van der Waals surface area contributed by atoms with Gasteiger partial charge in [-0.3, -0.25) is 19.3 Å². The highest BCUT2D eigenvalue weighted by Crippen LogP contribution is 2.46. The van der Waals surface area contributed by atoms with Crippen LogP contribution < -0.4 is 4.90 Å². The van der Waals surface area contributed by atoms with Crippen LogP contribution in [-0.2, 0) is 19.8 Å². The highest BCUT2D eigenvalue weighted by atomic mass is 16.2. The summed E-state index contributed by atoms with van der Waals surface area (Å²) in [7, 11) is 1.90. The summed E-state index contributed by atoms with van der Waals surface area (Å²) in [6.45, 7) is 3.65. The monoisotopic (exact) mass is 409 g/mol. The number of amides is 4. The van der Waals surface area contributed by atoms with Crippen molar-refractivity contribution in [2.24, 2.45) is 0 Å². The molecule has 4 rings (SSSR count). The lowest BCUT2D eigenvalue weighted by Gasteiger charge is -2.28. The first-order chi connectivity index (χ1) is 14.2. The smallest absolute Gasteiger partial charge is 0.334 e. The first-order valence-corrected chi connectivity index (χ1v) is 10.5. The Morgan fingerprint density at radius 2 is 1.73 bits per heavy atom. The van der Waals surface area contributed by atoms with Crippen LogP contribution in [-0.4, -0.2) is 53.1 Å². The first kappa shape index (κ1) is 20.3. The number of likely N-dealkylation sites (N-methyl/N-ethyl adjacent to an activating group) is 1. The summed E-state index contributed by atoms with van der Waals surface area (Å²) in [5.41, 5.74) is 2.54. The molecule has 2 aliphatic heterocycles. The molecule has 3 aliphatic rings. The Morgan fingerprint density at radius 3 is 2.40 bits per heavy atom. The Kier molecular flexibility index (Phi) is 5.00. The minimum atomic E-state index is -0.903. The topological polar surface area (TPSA) is 78.0 Å². The zero-order valence-electron chi connectivity index (χ0n) is 17.7. The molecule has 0 spiro atoms. The van der Waals surface area contributed by atoms with E-state index in [1.54, 1.807) is 0 Å². The fraction of sp³-hybridized carbons (Fsp3) is 0.478. The predicted octanol–water partition coefficient (Wildman–Crippen LogP) is 2.99. The van der Waals surface area contributed by atoms with Gasteiger partial charge in [0.25, 0.3) is 0 Å². The molecular weight excluding hydrogens is 382 g/mol. The van der Waals surface area contributed by atoms with E-state index in [2.05, 4.69) is 0 Å². The summed E-state index contributed by atoms with van der Waals surface area (Å²) < 4.78 is 0. The molecule has 0 atom stereocenters. The van der Waals surface area contributed by atoms with E-state index in [-0.39, 0.29) is 17.2 Å². The molecule has 2 heterocycles. The van der Waals surface area contributed by atoms with E-state index >= 15 is 0 Å². The van der Waals surface area contributed by atoms with Gasteiger partial charge in [0, 0.05) is 36.0 Å². The third-order valence-corrected chi connectivity index (χ3v) is 6.58. The van der Waals surface area contributed by atoms with Crippen LogP contribution in [0.15, 0.2) is 36.0 Å². The lowest BCUT2D eigenvalue weighted by Crippen LogP contribution is -2.43. The summed E-state index contributed by atoms with van der Waals surface area (Å²) in [6.07, 6.45) is 5.87. The highest BCUT2D eigenvalue weighted by molar-refractivity contribution is 6.45. The maximum Gasteiger partial charge on any atom is 0.334 e. The summed E-state index contributed by atoms with van der Waals surface area (Å²) in [5, 5.41) is 0. The number of benzene rings is 1. The van der Waals surface area contributed by atoms with Crippen molar-refractivity contribution in [2.75, 3.05) is 18.5 Å². The minimum Gasteiger partial charge on any atom is -0.347 e. The van der Waals surface area contributed by atoms with Gasteiger partial charge in [-0.05, 0) is 24.5 Å². The third-order valence-electron chi connectivity index (χ3n) is 6.58. The van der Waals surface area contributed by atoms with Gasteiger partial charge in [0.05, 0.1) is 6.54 Å². The molecule has 30 heavy (non-hydrogen) atoms. The predicted molar refractivity (Wildman–Crippen MR) is 112 cm³/mol. The average Bonchev–Trinajstić information content (AvgIpc) is 3.06. The normalized spacial score (nSPS) is 23.0. The summed E-state index contributed by atoms with van der Waals surface area (Å²) in [6, 6.07) is 7.04. The van der Waals surface area contributed by atoms with Crippen molar-refractivity contribution in [3.63, 3.8) is 0 Å². The van der Waals surface area contributed by atoms with E-state index in [9.17, 15) is 19.2 Å². The summed E-state index contributed by atoms with van der Waals surface area (Å²) in [4.78, 5) is 54.3. The molecule has 7 nitrogen and oxygen atoms in total. The molecule has 158 valence electrons. The van der Waals surface area contributed by atoms with Crippen LogP contribution in [0.5, 0.6) is 0 Å². The van der Waals surface area contributed by atoms with Gasteiger partial charge in [0.2, 0.25) is 0 Å². The Bertz CT molecular complexity index is 959. The molecule has 0 unspecified atom stereocenters. The fourth-order valence-corrected chi connectivity index (χ4v) is 4.94. The molecule has 1 aliphatic carbocycles. The zero-order chi connectivity index (χ0) is 21.6. The quantitative estimate of drug-likeness (QED) is 0.434. The van der Waals surface area contributed by atoms with Crippen molar-refractivity contribution in [2.45, 2.75) is 57.4 Å². The van der Waals surface area contributed by atoms with Crippen LogP contribution in [0.4, 0.5) is 10.5 Å². The Hall–Kier alpha value is -2.96. The van der Waals surface area contributed by atoms with Gasteiger partial charge in [-0.25, -0.2) is 9.69 Å². The standard InChI is InChI=1S/C23H27N3O4/c1-23(2)17-11-7-8-12-18(17)24(3)19(23)13-16(27)14-25-20(28)21(29)26(22(25)30)15-9-5-4-6-10-15/h7-8,11-13,15H,4-6,9-10,14H2,1-3H3/b19-13-. The minimum absolute atomic E-state index is 0.240. The number of ketones is 1. The SMILES string of the molecule is CN1/C(=C\C(=O)CN2C(=O)C(=O)N(C3CCCCC3)C2=O)C(C)(C)c2ccccc21. The number of hydrogen-bond acceptors (Lipinski definition) is 5. The number of carbonyl (C=O) groups is 4. The molecule has 0 N–H and O–H groups in total. The van der Waals surface area contributed by atoms with Gasteiger partial charge in [-0.15, -0.1) is 0 Å². The number of allylic oxidation sites excluding steroid dienone is 1. The Labute approximate surface area is 176 Å². The zero-order valence-corrected chi connectivity index (χ0v) is 17.7. The highest BCUT2D eigenvalue weighted by Gasteiger charge is 2.48. The third kappa shape index (κ3) is 3.13. The van der Waals surface area contributed by atoms with E-state index in [4.69, 9.17) is 0 Å². The molecule has 1 saturated carbocycles. The molecule has 1 saturated heterocycles. The molecule has 7 heteroatoms. The van der Waals surface area contributed by atoms with E-state index in [0.717, 1.165) is 46.0 Å². The second kappa shape index (κ2) is 7.38. The number of anilines is 1. The number of carbonyl (C=O) groups excluding carboxylic acids is 4. The molecule has 0 bridgehead atoms. The maximum atomic E-state index is 12.8.